The first-order valence-corrected chi connectivity index (χ1v) is 9.00. The molecule has 2 N–H and O–H groups in total. The van der Waals surface area contributed by atoms with Crippen LogP contribution in [-0.4, -0.2) is 16.9 Å². The highest BCUT2D eigenvalue weighted by molar-refractivity contribution is 5.90. The maximum Gasteiger partial charge on any atom is 0.224 e. The van der Waals surface area contributed by atoms with E-state index in [2.05, 4.69) is 42.3 Å². The average molecular weight is 312 g/mol. The molecule has 3 nitrogen and oxygen atoms in total. The molecule has 0 aliphatic heterocycles. The van der Waals surface area contributed by atoms with Gasteiger partial charge in [-0.3, -0.25) is 4.79 Å². The molecule has 0 spiro atoms. The highest BCUT2D eigenvalue weighted by atomic mass is 16.1. The molecular formula is C20H28N2O. The fourth-order valence-corrected chi connectivity index (χ4v) is 3.76. The molecular weight excluding hydrogens is 284 g/mol. The van der Waals surface area contributed by atoms with Crippen molar-refractivity contribution in [3.63, 3.8) is 0 Å². The summed E-state index contributed by atoms with van der Waals surface area (Å²) >= 11 is 0. The van der Waals surface area contributed by atoms with Crippen LogP contribution in [0.2, 0.25) is 0 Å². The predicted octanol–water partition coefficient (Wildman–Crippen LogP) is 4.56. The second kappa shape index (κ2) is 7.20. The standard InChI is InChI=1S/C20H28N2O/c1-14-10-11-19-18(12-14)17(15(2)21-19)13-20(23)22-16-8-6-4-3-5-7-9-16/h10-12,16,21H,3-9,13H2,1-2H3,(H,22,23). The smallest absolute Gasteiger partial charge is 0.224 e. The molecule has 1 saturated carbocycles. The average Bonchev–Trinajstić information content (AvgIpc) is 2.78. The summed E-state index contributed by atoms with van der Waals surface area (Å²) in [4.78, 5) is 15.9. The van der Waals surface area contributed by atoms with Crippen molar-refractivity contribution in [1.29, 1.82) is 0 Å². The molecule has 0 saturated heterocycles. The van der Waals surface area contributed by atoms with E-state index in [4.69, 9.17) is 0 Å². The molecule has 0 bridgehead atoms. The molecule has 3 rings (SSSR count). The Kier molecular flexibility index (Phi) is 5.04. The number of benzene rings is 1. The van der Waals surface area contributed by atoms with Gasteiger partial charge in [-0.05, 0) is 44.4 Å². The van der Waals surface area contributed by atoms with Crippen molar-refractivity contribution in [2.24, 2.45) is 0 Å². The zero-order chi connectivity index (χ0) is 16.2. The van der Waals surface area contributed by atoms with Gasteiger partial charge in [0.1, 0.15) is 0 Å². The van der Waals surface area contributed by atoms with Crippen molar-refractivity contribution >= 4 is 16.8 Å². The highest BCUT2D eigenvalue weighted by Gasteiger charge is 2.17. The predicted molar refractivity (Wildman–Crippen MR) is 95.7 cm³/mol. The molecule has 1 amide bonds. The summed E-state index contributed by atoms with van der Waals surface area (Å²) in [6.07, 6.45) is 9.22. The third-order valence-electron chi connectivity index (χ3n) is 5.08. The summed E-state index contributed by atoms with van der Waals surface area (Å²) in [5.74, 6) is 0.168. The van der Waals surface area contributed by atoms with Crippen LogP contribution in [0.4, 0.5) is 0 Å². The van der Waals surface area contributed by atoms with Crippen molar-refractivity contribution in [3.05, 3.63) is 35.0 Å². The SMILES string of the molecule is Cc1ccc2[nH]c(C)c(CC(=O)NC3CCCCCCC3)c2c1. The van der Waals surface area contributed by atoms with Crippen molar-refractivity contribution in [2.45, 2.75) is 71.3 Å². The molecule has 124 valence electrons. The monoisotopic (exact) mass is 312 g/mol. The van der Waals surface area contributed by atoms with Gasteiger partial charge in [-0.15, -0.1) is 0 Å². The van der Waals surface area contributed by atoms with Crippen LogP contribution in [-0.2, 0) is 11.2 Å². The molecule has 1 aromatic carbocycles. The quantitative estimate of drug-likeness (QED) is 0.857. The van der Waals surface area contributed by atoms with Gasteiger partial charge in [-0.25, -0.2) is 0 Å². The van der Waals surface area contributed by atoms with Crippen LogP contribution in [0, 0.1) is 13.8 Å². The molecule has 0 radical (unpaired) electrons. The van der Waals surface area contributed by atoms with Crippen molar-refractivity contribution in [2.75, 3.05) is 0 Å². The first kappa shape index (κ1) is 16.1. The van der Waals surface area contributed by atoms with Gasteiger partial charge >= 0.3 is 0 Å². The van der Waals surface area contributed by atoms with Crippen LogP contribution >= 0.6 is 0 Å². The summed E-state index contributed by atoms with van der Waals surface area (Å²) in [7, 11) is 0. The number of aromatic nitrogens is 1. The molecule has 1 aliphatic rings. The molecule has 1 fully saturated rings. The van der Waals surface area contributed by atoms with Crippen LogP contribution < -0.4 is 5.32 Å². The lowest BCUT2D eigenvalue weighted by molar-refractivity contribution is -0.121. The van der Waals surface area contributed by atoms with Gasteiger partial charge in [-0.2, -0.15) is 0 Å². The Morgan fingerprint density at radius 3 is 2.57 bits per heavy atom. The summed E-state index contributed by atoms with van der Waals surface area (Å²) in [5, 5.41) is 4.47. The summed E-state index contributed by atoms with van der Waals surface area (Å²) in [6.45, 7) is 4.16. The Labute approximate surface area is 138 Å². The number of nitrogens with one attached hydrogen (secondary N) is 2. The van der Waals surface area contributed by atoms with Crippen molar-refractivity contribution < 1.29 is 4.79 Å². The molecule has 0 unspecified atom stereocenters. The van der Waals surface area contributed by atoms with E-state index in [-0.39, 0.29) is 5.91 Å². The van der Waals surface area contributed by atoms with Crippen molar-refractivity contribution in [3.8, 4) is 0 Å². The Morgan fingerprint density at radius 2 is 1.83 bits per heavy atom. The van der Waals surface area contributed by atoms with Gasteiger partial charge in [0.05, 0.1) is 6.42 Å². The number of aromatic amines is 1. The second-order valence-corrected chi connectivity index (χ2v) is 7.06. The maximum absolute atomic E-state index is 12.5. The minimum Gasteiger partial charge on any atom is -0.358 e. The lowest BCUT2D eigenvalue weighted by Gasteiger charge is -2.21. The van der Waals surface area contributed by atoms with E-state index in [0.29, 0.717) is 12.5 Å². The number of rotatable bonds is 3. The van der Waals surface area contributed by atoms with Gasteiger partial charge in [0.15, 0.2) is 0 Å². The van der Waals surface area contributed by atoms with Crippen molar-refractivity contribution in [1.82, 2.24) is 10.3 Å². The number of H-pyrrole nitrogens is 1. The fraction of sp³-hybridized carbons (Fsp3) is 0.550. The Bertz CT molecular complexity index is 678. The molecule has 23 heavy (non-hydrogen) atoms. The van der Waals surface area contributed by atoms with E-state index < -0.39 is 0 Å². The summed E-state index contributed by atoms with van der Waals surface area (Å²) < 4.78 is 0. The fourth-order valence-electron chi connectivity index (χ4n) is 3.76. The van der Waals surface area contributed by atoms with Gasteiger partial charge < -0.3 is 10.3 Å². The molecule has 1 heterocycles. The first-order valence-electron chi connectivity index (χ1n) is 9.00. The minimum atomic E-state index is 0.168. The zero-order valence-electron chi connectivity index (χ0n) is 14.4. The molecule has 1 aliphatic carbocycles. The van der Waals surface area contributed by atoms with Crippen LogP contribution in [0.5, 0.6) is 0 Å². The molecule has 2 aromatic rings. The second-order valence-electron chi connectivity index (χ2n) is 7.06. The first-order chi connectivity index (χ1) is 11.1. The number of hydrogen-bond acceptors (Lipinski definition) is 1. The number of hydrogen-bond donors (Lipinski definition) is 2. The van der Waals surface area contributed by atoms with E-state index >= 15 is 0 Å². The number of fused-ring (bicyclic) bond motifs is 1. The lowest BCUT2D eigenvalue weighted by atomic mass is 9.96. The Morgan fingerprint density at radius 1 is 1.13 bits per heavy atom. The van der Waals surface area contributed by atoms with E-state index in [1.54, 1.807) is 0 Å². The third kappa shape index (κ3) is 3.95. The Hall–Kier alpha value is -1.77. The zero-order valence-corrected chi connectivity index (χ0v) is 14.4. The molecule has 3 heteroatoms. The normalized spacial score (nSPS) is 17.0. The van der Waals surface area contributed by atoms with Crippen LogP contribution in [0.3, 0.4) is 0 Å². The van der Waals surface area contributed by atoms with Gasteiger partial charge in [0.2, 0.25) is 5.91 Å². The molecule has 0 atom stereocenters. The number of amides is 1. The topological polar surface area (TPSA) is 44.9 Å². The van der Waals surface area contributed by atoms with Crippen LogP contribution in [0.25, 0.3) is 10.9 Å². The number of carbonyl (C=O) groups is 1. The van der Waals surface area contributed by atoms with Gasteiger partial charge in [0.25, 0.3) is 0 Å². The van der Waals surface area contributed by atoms with E-state index in [0.717, 1.165) is 29.6 Å². The number of carbonyl (C=O) groups excluding carboxylic acids is 1. The summed E-state index contributed by atoms with van der Waals surface area (Å²) in [5.41, 5.74) is 4.62. The largest absolute Gasteiger partial charge is 0.358 e. The maximum atomic E-state index is 12.5. The third-order valence-corrected chi connectivity index (χ3v) is 5.08. The van der Waals surface area contributed by atoms with Gasteiger partial charge in [0, 0.05) is 22.6 Å². The number of aryl methyl sites for hydroxylation is 2. The minimum absolute atomic E-state index is 0.168. The van der Waals surface area contributed by atoms with Gasteiger partial charge in [-0.1, -0.05) is 43.7 Å². The van der Waals surface area contributed by atoms with E-state index in [1.807, 2.05) is 0 Å². The highest BCUT2D eigenvalue weighted by Crippen LogP contribution is 2.24. The van der Waals surface area contributed by atoms with Crippen LogP contribution in [0.1, 0.15) is 61.8 Å². The van der Waals surface area contributed by atoms with E-state index in [9.17, 15) is 4.79 Å². The summed E-state index contributed by atoms with van der Waals surface area (Å²) in [6, 6.07) is 6.76. The lowest BCUT2D eigenvalue weighted by Crippen LogP contribution is -2.36. The van der Waals surface area contributed by atoms with E-state index in [1.165, 1.54) is 43.1 Å². The molecule has 1 aromatic heterocycles. The van der Waals surface area contributed by atoms with Crippen LogP contribution in [0.15, 0.2) is 18.2 Å². The Balaban J connectivity index is 1.69.